The van der Waals surface area contributed by atoms with Gasteiger partial charge in [-0.05, 0) is 19.3 Å². The molecule has 11 heavy (non-hydrogen) atoms. The Labute approximate surface area is 85.3 Å². The van der Waals surface area contributed by atoms with Gasteiger partial charge in [0, 0.05) is 3.42 Å². The highest BCUT2D eigenvalue weighted by Crippen LogP contribution is 2.34. The quantitative estimate of drug-likeness (QED) is 0.489. The fraction of sp³-hybridized carbons (Fsp3) is 1.00. The number of hydrogen-bond acceptors (Lipinski definition) is 0. The number of rotatable bonds is 6. The molecule has 0 aromatic heterocycles. The number of hydrogen-bond donors (Lipinski definition) is 0. The molecule has 0 saturated heterocycles. The van der Waals surface area contributed by atoms with Crippen molar-refractivity contribution in [3.8, 4) is 0 Å². The monoisotopic (exact) mass is 268 g/mol. The molecule has 0 aliphatic carbocycles. The van der Waals surface area contributed by atoms with Crippen LogP contribution in [-0.2, 0) is 0 Å². The zero-order chi connectivity index (χ0) is 8.74. The van der Waals surface area contributed by atoms with E-state index in [1.54, 1.807) is 0 Å². The first-order chi connectivity index (χ1) is 5.18. The Morgan fingerprint density at radius 2 is 1.09 bits per heavy atom. The van der Waals surface area contributed by atoms with Gasteiger partial charge in [-0.2, -0.15) is 0 Å². The predicted molar refractivity (Wildman–Crippen MR) is 61.5 cm³/mol. The average Bonchev–Trinajstić information content (AvgIpc) is 1.88. The van der Waals surface area contributed by atoms with E-state index >= 15 is 0 Å². The van der Waals surface area contributed by atoms with Crippen LogP contribution in [0.1, 0.15) is 59.3 Å². The fourth-order valence-corrected chi connectivity index (χ4v) is 3.34. The molecule has 0 amide bonds. The molecule has 0 aromatic carbocycles. The van der Waals surface area contributed by atoms with Gasteiger partial charge in [0.05, 0.1) is 0 Å². The van der Waals surface area contributed by atoms with E-state index in [2.05, 4.69) is 43.4 Å². The van der Waals surface area contributed by atoms with E-state index < -0.39 is 0 Å². The van der Waals surface area contributed by atoms with Crippen LogP contribution in [-0.4, -0.2) is 3.42 Å². The normalized spacial score (nSPS) is 12.0. The Bertz CT molecular complexity index is 71.9. The van der Waals surface area contributed by atoms with E-state index in [9.17, 15) is 0 Å². The summed E-state index contributed by atoms with van der Waals surface area (Å²) in [4.78, 5) is 0. The lowest BCUT2D eigenvalue weighted by molar-refractivity contribution is 0.477. The van der Waals surface area contributed by atoms with Gasteiger partial charge < -0.3 is 0 Å². The molecule has 0 spiro atoms. The van der Waals surface area contributed by atoms with Crippen molar-refractivity contribution in [1.82, 2.24) is 0 Å². The minimum absolute atomic E-state index is 0.621. The van der Waals surface area contributed by atoms with Gasteiger partial charge in [0.15, 0.2) is 0 Å². The van der Waals surface area contributed by atoms with Gasteiger partial charge in [-0.25, -0.2) is 0 Å². The summed E-state index contributed by atoms with van der Waals surface area (Å²) in [5.41, 5.74) is 0. The maximum Gasteiger partial charge on any atom is 0.0222 e. The van der Waals surface area contributed by atoms with Crippen molar-refractivity contribution in [3.05, 3.63) is 0 Å². The highest BCUT2D eigenvalue weighted by Gasteiger charge is 2.22. The van der Waals surface area contributed by atoms with Crippen LogP contribution in [0.15, 0.2) is 0 Å². The van der Waals surface area contributed by atoms with Crippen molar-refractivity contribution >= 4 is 22.6 Å². The molecular formula is C10H21I. The van der Waals surface area contributed by atoms with E-state index in [1.807, 2.05) is 0 Å². The van der Waals surface area contributed by atoms with E-state index in [-0.39, 0.29) is 0 Å². The summed E-state index contributed by atoms with van der Waals surface area (Å²) >= 11 is 2.67. The molecule has 0 rings (SSSR count). The maximum atomic E-state index is 2.67. The molecule has 0 radical (unpaired) electrons. The molecule has 0 nitrogen and oxygen atoms in total. The van der Waals surface area contributed by atoms with E-state index in [1.165, 1.54) is 38.5 Å². The Balaban J connectivity index is 3.79. The highest BCUT2D eigenvalue weighted by molar-refractivity contribution is 14.1. The lowest BCUT2D eigenvalue weighted by atomic mass is 9.94. The summed E-state index contributed by atoms with van der Waals surface area (Å²) in [6.07, 6.45) is 8.20. The number of halogens is 1. The molecule has 0 fully saturated rings. The van der Waals surface area contributed by atoms with Gasteiger partial charge >= 0.3 is 0 Å². The van der Waals surface area contributed by atoms with E-state index in [0.717, 1.165) is 0 Å². The van der Waals surface area contributed by atoms with Crippen LogP contribution in [0.2, 0.25) is 0 Å². The molecule has 0 N–H and O–H groups in total. The second-order valence-corrected chi connectivity index (χ2v) is 5.69. The molecule has 1 heteroatoms. The summed E-state index contributed by atoms with van der Waals surface area (Å²) in [7, 11) is 0. The third-order valence-corrected chi connectivity index (χ3v) is 3.71. The summed E-state index contributed by atoms with van der Waals surface area (Å²) in [6.45, 7) is 6.87. The van der Waals surface area contributed by atoms with Crippen LogP contribution in [0.3, 0.4) is 0 Å². The topological polar surface area (TPSA) is 0 Å². The van der Waals surface area contributed by atoms with Crippen molar-refractivity contribution in [1.29, 1.82) is 0 Å². The molecule has 0 aromatic rings. The lowest BCUT2D eigenvalue weighted by Crippen LogP contribution is -2.19. The fourth-order valence-electron chi connectivity index (χ4n) is 1.72. The van der Waals surface area contributed by atoms with Crippen LogP contribution in [0.4, 0.5) is 0 Å². The number of alkyl halides is 1. The Kier molecular flexibility index (Phi) is 6.68. The molecule has 0 bridgehead atoms. The molecule has 68 valence electrons. The first-order valence-electron chi connectivity index (χ1n) is 4.87. The van der Waals surface area contributed by atoms with Crippen molar-refractivity contribution < 1.29 is 0 Å². The standard InChI is InChI=1S/C10H21I/c1-4-7-10(11,8-5-2)9-6-3/h4-9H2,1-3H3. The van der Waals surface area contributed by atoms with Crippen LogP contribution in [0.5, 0.6) is 0 Å². The first-order valence-corrected chi connectivity index (χ1v) is 5.95. The van der Waals surface area contributed by atoms with Gasteiger partial charge in [0.25, 0.3) is 0 Å². The van der Waals surface area contributed by atoms with Crippen LogP contribution < -0.4 is 0 Å². The van der Waals surface area contributed by atoms with Gasteiger partial charge in [-0.3, -0.25) is 0 Å². The van der Waals surface area contributed by atoms with Gasteiger partial charge in [-0.1, -0.05) is 62.6 Å². The Hall–Kier alpha value is 0.730. The SMILES string of the molecule is CCCC(I)(CCC)CCC. The minimum Gasteiger partial charge on any atom is -0.0789 e. The highest BCUT2D eigenvalue weighted by atomic mass is 127. The molecule has 0 aliphatic rings. The van der Waals surface area contributed by atoms with Crippen molar-refractivity contribution in [2.75, 3.05) is 0 Å². The third-order valence-electron chi connectivity index (χ3n) is 2.09. The van der Waals surface area contributed by atoms with Gasteiger partial charge in [0.1, 0.15) is 0 Å². The van der Waals surface area contributed by atoms with Crippen LogP contribution >= 0.6 is 22.6 Å². The van der Waals surface area contributed by atoms with Crippen molar-refractivity contribution in [2.45, 2.75) is 62.7 Å². The molecule has 0 unspecified atom stereocenters. The van der Waals surface area contributed by atoms with Gasteiger partial charge in [-0.15, -0.1) is 0 Å². The Morgan fingerprint density at radius 1 is 0.818 bits per heavy atom. The smallest absolute Gasteiger partial charge is 0.0222 e. The lowest BCUT2D eigenvalue weighted by Gasteiger charge is -2.26. The van der Waals surface area contributed by atoms with Crippen LogP contribution in [0.25, 0.3) is 0 Å². The zero-order valence-electron chi connectivity index (χ0n) is 8.12. The minimum atomic E-state index is 0.621. The molecular weight excluding hydrogens is 247 g/mol. The Morgan fingerprint density at radius 3 is 1.27 bits per heavy atom. The first kappa shape index (κ1) is 11.7. The largest absolute Gasteiger partial charge is 0.0789 e. The molecule has 0 atom stereocenters. The second kappa shape index (κ2) is 6.27. The summed E-state index contributed by atoms with van der Waals surface area (Å²) in [6, 6.07) is 0. The summed E-state index contributed by atoms with van der Waals surface area (Å²) in [5.74, 6) is 0. The third kappa shape index (κ3) is 5.05. The molecule has 0 aliphatic heterocycles. The summed E-state index contributed by atoms with van der Waals surface area (Å²) < 4.78 is 0.621. The summed E-state index contributed by atoms with van der Waals surface area (Å²) in [5, 5.41) is 0. The maximum absolute atomic E-state index is 2.67. The second-order valence-electron chi connectivity index (χ2n) is 3.40. The van der Waals surface area contributed by atoms with Crippen molar-refractivity contribution in [2.24, 2.45) is 0 Å². The van der Waals surface area contributed by atoms with Crippen molar-refractivity contribution in [3.63, 3.8) is 0 Å². The van der Waals surface area contributed by atoms with Gasteiger partial charge in [0.2, 0.25) is 0 Å². The van der Waals surface area contributed by atoms with E-state index in [4.69, 9.17) is 0 Å². The van der Waals surface area contributed by atoms with Crippen LogP contribution in [0, 0.1) is 0 Å². The van der Waals surface area contributed by atoms with E-state index in [0.29, 0.717) is 3.42 Å². The predicted octanol–water partition coefficient (Wildman–Crippen LogP) is 4.56. The molecule has 0 saturated carbocycles. The zero-order valence-corrected chi connectivity index (χ0v) is 10.3. The molecule has 0 heterocycles. The average molecular weight is 268 g/mol.